The highest BCUT2D eigenvalue weighted by atomic mass is 32.2. The average Bonchev–Trinajstić information content (AvgIpc) is 3.45. The first-order valence-electron chi connectivity index (χ1n) is 14.6. The zero-order valence-electron chi connectivity index (χ0n) is 25.3. The summed E-state index contributed by atoms with van der Waals surface area (Å²) < 4.78 is 30.4. The Labute approximate surface area is 263 Å². The van der Waals surface area contributed by atoms with Crippen LogP contribution in [0.3, 0.4) is 0 Å². The van der Waals surface area contributed by atoms with Gasteiger partial charge in [0.15, 0.2) is 0 Å². The van der Waals surface area contributed by atoms with Crippen LogP contribution in [-0.2, 0) is 21.4 Å². The molecule has 11 nitrogen and oxygen atoms in total. The summed E-state index contributed by atoms with van der Waals surface area (Å²) >= 11 is 0. The van der Waals surface area contributed by atoms with Gasteiger partial charge in [-0.15, -0.1) is 0 Å². The van der Waals surface area contributed by atoms with Gasteiger partial charge in [-0.2, -0.15) is 0 Å². The van der Waals surface area contributed by atoms with Crippen molar-refractivity contribution in [2.45, 2.75) is 18.4 Å². The minimum atomic E-state index is -3.66. The molecule has 3 aromatic carbocycles. The molecule has 0 aliphatic carbocycles. The van der Waals surface area contributed by atoms with E-state index in [9.17, 15) is 8.42 Å². The minimum absolute atomic E-state index is 0.226. The van der Waals surface area contributed by atoms with Crippen LogP contribution in [0.2, 0.25) is 0 Å². The van der Waals surface area contributed by atoms with Crippen LogP contribution in [0.5, 0.6) is 0 Å². The number of carbonyl (C=O) groups is 1. The van der Waals surface area contributed by atoms with Gasteiger partial charge in [-0.3, -0.25) is 14.4 Å². The summed E-state index contributed by atoms with van der Waals surface area (Å²) in [5, 5.41) is 11.4. The molecular weight excluding hydrogens is 590 g/mol. The van der Waals surface area contributed by atoms with Gasteiger partial charge in [0.05, 0.1) is 10.6 Å². The lowest BCUT2D eigenvalue weighted by atomic mass is 10.1. The third kappa shape index (κ3) is 8.24. The SMILES string of the molecule is Cc1ccc(S(=O)(=O)Nc2ccc(Nc3cc(-c4ccc5c(ccn5CCN5CCN(C)CC5)c4)ncn3)cc2)cc1.O=CO. The van der Waals surface area contributed by atoms with Crippen LogP contribution < -0.4 is 10.0 Å². The maximum atomic E-state index is 12.7. The fourth-order valence-electron chi connectivity index (χ4n) is 5.16. The van der Waals surface area contributed by atoms with Crippen molar-refractivity contribution in [3.63, 3.8) is 0 Å². The lowest BCUT2D eigenvalue weighted by molar-refractivity contribution is -0.122. The van der Waals surface area contributed by atoms with E-state index >= 15 is 0 Å². The molecule has 6 rings (SSSR count). The highest BCUT2D eigenvalue weighted by Crippen LogP contribution is 2.27. The van der Waals surface area contributed by atoms with Crippen molar-refractivity contribution < 1.29 is 18.3 Å². The first-order valence-corrected chi connectivity index (χ1v) is 16.1. The van der Waals surface area contributed by atoms with Gasteiger partial charge in [-0.05, 0) is 68.6 Å². The molecule has 2 aromatic heterocycles. The Morgan fingerprint density at radius 3 is 2.27 bits per heavy atom. The van der Waals surface area contributed by atoms with Crippen LogP contribution in [0.25, 0.3) is 22.2 Å². The third-order valence-corrected chi connectivity index (χ3v) is 9.12. The minimum Gasteiger partial charge on any atom is -0.483 e. The van der Waals surface area contributed by atoms with E-state index in [2.05, 4.69) is 71.9 Å². The van der Waals surface area contributed by atoms with Crippen molar-refractivity contribution in [3.8, 4) is 11.3 Å². The third-order valence-electron chi connectivity index (χ3n) is 7.73. The van der Waals surface area contributed by atoms with Gasteiger partial charge in [0, 0.05) is 79.4 Å². The number of likely N-dealkylation sites (N-methyl/N-ethyl adjacent to an activating group) is 1. The molecule has 0 saturated carbocycles. The van der Waals surface area contributed by atoms with E-state index in [1.165, 1.54) is 10.9 Å². The molecule has 0 unspecified atom stereocenters. The summed E-state index contributed by atoms with van der Waals surface area (Å²) in [4.78, 5) is 22.4. The number of rotatable bonds is 9. The second-order valence-corrected chi connectivity index (χ2v) is 12.6. The number of aryl methyl sites for hydroxylation is 1. The number of hydrogen-bond acceptors (Lipinski definition) is 8. The highest BCUT2D eigenvalue weighted by Gasteiger charge is 2.15. The number of anilines is 3. The maximum absolute atomic E-state index is 12.7. The molecule has 1 aliphatic rings. The summed E-state index contributed by atoms with van der Waals surface area (Å²) in [5.41, 5.74) is 5.33. The van der Waals surface area contributed by atoms with E-state index in [1.54, 1.807) is 42.7 Å². The first-order chi connectivity index (χ1) is 21.7. The van der Waals surface area contributed by atoms with Crippen LogP contribution in [0, 0.1) is 6.92 Å². The quantitative estimate of drug-likeness (QED) is 0.195. The molecule has 1 aliphatic heterocycles. The van der Waals surface area contributed by atoms with Crippen LogP contribution in [0.1, 0.15) is 5.56 Å². The number of sulfonamides is 1. The number of nitrogens with one attached hydrogen (secondary N) is 2. The number of carboxylic acid groups (broad SMARTS) is 1. The zero-order valence-corrected chi connectivity index (χ0v) is 26.1. The summed E-state index contributed by atoms with van der Waals surface area (Å²) in [7, 11) is -1.47. The molecule has 0 atom stereocenters. The Morgan fingerprint density at radius 1 is 0.867 bits per heavy atom. The van der Waals surface area contributed by atoms with Gasteiger partial charge in [-0.25, -0.2) is 18.4 Å². The predicted octanol–water partition coefficient (Wildman–Crippen LogP) is 4.90. The van der Waals surface area contributed by atoms with E-state index in [0.29, 0.717) is 11.5 Å². The van der Waals surface area contributed by atoms with Crippen molar-refractivity contribution in [1.82, 2.24) is 24.3 Å². The Kier molecular flexibility index (Phi) is 10.1. The van der Waals surface area contributed by atoms with Crippen molar-refractivity contribution in [1.29, 1.82) is 0 Å². The molecule has 3 N–H and O–H groups in total. The van der Waals surface area contributed by atoms with Crippen molar-refractivity contribution in [2.24, 2.45) is 0 Å². The molecule has 1 saturated heterocycles. The molecule has 0 bridgehead atoms. The summed E-state index contributed by atoms with van der Waals surface area (Å²) in [6, 6.07) is 24.3. The van der Waals surface area contributed by atoms with Gasteiger partial charge in [-0.1, -0.05) is 23.8 Å². The van der Waals surface area contributed by atoms with Crippen molar-refractivity contribution in [2.75, 3.05) is 49.8 Å². The molecule has 5 aromatic rings. The van der Waals surface area contributed by atoms with Gasteiger partial charge < -0.3 is 19.9 Å². The molecule has 1 fully saturated rings. The van der Waals surface area contributed by atoms with Crippen LogP contribution in [-0.4, -0.2) is 84.1 Å². The first kappa shape index (κ1) is 31.6. The van der Waals surface area contributed by atoms with E-state index in [4.69, 9.17) is 9.90 Å². The Balaban J connectivity index is 0.00000128. The fraction of sp³-hybridized carbons (Fsp3) is 0.242. The van der Waals surface area contributed by atoms with Gasteiger partial charge in [0.25, 0.3) is 16.5 Å². The predicted molar refractivity (Wildman–Crippen MR) is 177 cm³/mol. The van der Waals surface area contributed by atoms with Gasteiger partial charge >= 0.3 is 0 Å². The number of piperazine rings is 1. The molecule has 0 amide bonds. The van der Waals surface area contributed by atoms with E-state index < -0.39 is 10.0 Å². The van der Waals surface area contributed by atoms with Crippen molar-refractivity contribution >= 4 is 44.6 Å². The molecule has 12 heteroatoms. The molecule has 45 heavy (non-hydrogen) atoms. The summed E-state index contributed by atoms with van der Waals surface area (Å²) in [5.74, 6) is 0.651. The van der Waals surface area contributed by atoms with Crippen LogP contribution >= 0.6 is 0 Å². The van der Waals surface area contributed by atoms with Crippen LogP contribution in [0.15, 0.2) is 96.3 Å². The Morgan fingerprint density at radius 2 is 1.56 bits per heavy atom. The number of aromatic nitrogens is 3. The van der Waals surface area contributed by atoms with E-state index in [-0.39, 0.29) is 11.4 Å². The number of hydrogen-bond donors (Lipinski definition) is 3. The fourth-order valence-corrected chi connectivity index (χ4v) is 6.22. The second-order valence-electron chi connectivity index (χ2n) is 10.9. The topological polar surface area (TPSA) is 133 Å². The second kappa shape index (κ2) is 14.3. The highest BCUT2D eigenvalue weighted by molar-refractivity contribution is 7.92. The van der Waals surface area contributed by atoms with E-state index in [0.717, 1.165) is 61.8 Å². The number of fused-ring (bicyclic) bond motifs is 1. The average molecular weight is 628 g/mol. The zero-order chi connectivity index (χ0) is 31.8. The standard InChI is InChI=1S/C32H35N7O2S.CH2O2/c1-24-3-10-29(11-4-24)42(40,41)36-28-8-6-27(7-9-28)35-32-22-30(33-23-34-32)25-5-12-31-26(21-25)13-14-39(31)20-19-38-17-15-37(2)16-18-38;2-1-3/h3-14,21-23,36H,15-20H2,1-2H3,(H,33,34,35);1H,(H,2,3). The monoisotopic (exact) mass is 627 g/mol. The Bertz CT molecular complexity index is 1830. The lowest BCUT2D eigenvalue weighted by Crippen LogP contribution is -2.45. The molecular formula is C33H37N7O4S. The van der Waals surface area contributed by atoms with Crippen LogP contribution in [0.4, 0.5) is 17.2 Å². The molecule has 0 radical (unpaired) electrons. The van der Waals surface area contributed by atoms with E-state index in [1.807, 2.05) is 25.1 Å². The largest absolute Gasteiger partial charge is 0.483 e. The molecule has 234 valence electrons. The number of benzene rings is 3. The normalized spacial score (nSPS) is 14.0. The van der Waals surface area contributed by atoms with Crippen molar-refractivity contribution in [3.05, 3.63) is 97.0 Å². The maximum Gasteiger partial charge on any atom is 0.290 e. The Hall–Kier alpha value is -4.78. The number of nitrogens with zero attached hydrogens (tertiary/aromatic N) is 5. The smallest absolute Gasteiger partial charge is 0.290 e. The summed E-state index contributed by atoms with van der Waals surface area (Å²) in [6.45, 7) is 8.21. The van der Waals surface area contributed by atoms with Gasteiger partial charge in [0.2, 0.25) is 0 Å². The molecule has 3 heterocycles. The lowest BCUT2D eigenvalue weighted by Gasteiger charge is -2.32. The van der Waals surface area contributed by atoms with Gasteiger partial charge in [0.1, 0.15) is 12.1 Å². The molecule has 0 spiro atoms. The summed E-state index contributed by atoms with van der Waals surface area (Å²) in [6.07, 6.45) is 3.72.